The Morgan fingerprint density at radius 1 is 1.36 bits per heavy atom. The van der Waals surface area contributed by atoms with Gasteiger partial charge in [-0.3, -0.25) is 14.6 Å². The van der Waals surface area contributed by atoms with Crippen molar-refractivity contribution in [2.24, 2.45) is 11.7 Å². The van der Waals surface area contributed by atoms with E-state index >= 15 is 0 Å². The fraction of sp³-hybridized carbons (Fsp3) is 0.533. The highest BCUT2D eigenvalue weighted by atomic mass is 16.5. The maximum Gasteiger partial charge on any atom is 0.246 e. The first-order valence-corrected chi connectivity index (χ1v) is 7.27. The van der Waals surface area contributed by atoms with E-state index in [2.05, 4.69) is 10.3 Å². The number of hydrogen-bond donors (Lipinski definition) is 3. The number of ether oxygens (including phenoxy) is 1. The summed E-state index contributed by atoms with van der Waals surface area (Å²) in [4.78, 5) is 26.4. The molecule has 1 aliphatic rings. The molecule has 7 nitrogen and oxygen atoms in total. The van der Waals surface area contributed by atoms with E-state index in [1.165, 1.54) is 0 Å². The molecule has 1 fully saturated rings. The number of aliphatic hydroxyl groups is 1. The quantitative estimate of drug-likeness (QED) is 0.592. The number of amides is 2. The van der Waals surface area contributed by atoms with Crippen molar-refractivity contribution < 1.29 is 19.4 Å². The van der Waals surface area contributed by atoms with Crippen LogP contribution in [-0.2, 0) is 20.7 Å². The lowest BCUT2D eigenvalue weighted by molar-refractivity contribution is -0.130. The number of primary amides is 1. The van der Waals surface area contributed by atoms with Gasteiger partial charge in [0.15, 0.2) is 0 Å². The molecule has 120 valence electrons. The van der Waals surface area contributed by atoms with Crippen LogP contribution in [0.4, 0.5) is 0 Å². The third-order valence-electron chi connectivity index (χ3n) is 3.75. The first kappa shape index (κ1) is 16.4. The summed E-state index contributed by atoms with van der Waals surface area (Å²) in [6.45, 7) is -0.477. The van der Waals surface area contributed by atoms with Gasteiger partial charge in [-0.15, -0.1) is 0 Å². The van der Waals surface area contributed by atoms with Gasteiger partial charge in [0, 0.05) is 18.4 Å². The maximum atomic E-state index is 11.9. The van der Waals surface area contributed by atoms with Gasteiger partial charge in [-0.25, -0.2) is 0 Å². The van der Waals surface area contributed by atoms with Crippen LogP contribution in [0.25, 0.3) is 0 Å². The topological polar surface area (TPSA) is 115 Å². The minimum Gasteiger partial charge on any atom is -0.393 e. The fourth-order valence-electron chi connectivity index (χ4n) is 2.56. The normalized spacial score (nSPS) is 21.7. The molecule has 2 amide bonds. The van der Waals surface area contributed by atoms with E-state index in [-0.39, 0.29) is 37.2 Å². The van der Waals surface area contributed by atoms with Crippen molar-refractivity contribution in [2.75, 3.05) is 13.2 Å². The van der Waals surface area contributed by atoms with Crippen LogP contribution in [0, 0.1) is 5.92 Å². The van der Waals surface area contributed by atoms with Gasteiger partial charge in [0.1, 0.15) is 13.2 Å². The highest BCUT2D eigenvalue weighted by Gasteiger charge is 2.34. The fourth-order valence-corrected chi connectivity index (χ4v) is 2.56. The minimum absolute atomic E-state index is 0.0736. The molecule has 0 aliphatic heterocycles. The highest BCUT2D eigenvalue weighted by Crippen LogP contribution is 2.31. The van der Waals surface area contributed by atoms with Gasteiger partial charge in [-0.05, 0) is 42.9 Å². The summed E-state index contributed by atoms with van der Waals surface area (Å²) in [6.07, 6.45) is 5.16. The van der Waals surface area contributed by atoms with Crippen molar-refractivity contribution in [3.8, 4) is 0 Å². The average Bonchev–Trinajstić information content (AvgIpc) is 2.44. The van der Waals surface area contributed by atoms with E-state index in [1.807, 2.05) is 12.1 Å². The van der Waals surface area contributed by atoms with Crippen molar-refractivity contribution >= 4 is 11.8 Å². The molecule has 1 atom stereocenters. The summed E-state index contributed by atoms with van der Waals surface area (Å²) in [6, 6.07) is 3.73. The van der Waals surface area contributed by atoms with E-state index in [1.54, 1.807) is 12.4 Å². The molecule has 0 radical (unpaired) electrons. The number of hydrogen-bond acceptors (Lipinski definition) is 5. The number of carbonyl (C=O) groups is 2. The molecule has 1 saturated carbocycles. The van der Waals surface area contributed by atoms with Crippen molar-refractivity contribution in [2.45, 2.75) is 31.4 Å². The average molecular weight is 307 g/mol. The maximum absolute atomic E-state index is 11.9. The van der Waals surface area contributed by atoms with Crippen molar-refractivity contribution in [1.29, 1.82) is 0 Å². The zero-order valence-corrected chi connectivity index (χ0v) is 12.3. The van der Waals surface area contributed by atoms with Crippen molar-refractivity contribution in [3.05, 3.63) is 30.1 Å². The number of carbonyl (C=O) groups excluding carboxylic acids is 2. The second kappa shape index (κ2) is 7.86. The SMILES string of the molecule is NC(=O)COCC(=O)N[C@@H](Cc1ccncc1)C1CC(O)C1. The number of aliphatic hydroxyl groups excluding tert-OH is 1. The molecule has 0 aromatic carbocycles. The molecular formula is C15H21N3O4. The lowest BCUT2D eigenvalue weighted by atomic mass is 9.75. The Morgan fingerprint density at radius 2 is 2.05 bits per heavy atom. The Morgan fingerprint density at radius 3 is 2.64 bits per heavy atom. The first-order valence-electron chi connectivity index (χ1n) is 7.27. The Hall–Kier alpha value is -1.99. The number of pyridine rings is 1. The number of nitrogens with two attached hydrogens (primary N) is 1. The Bertz CT molecular complexity index is 503. The zero-order valence-electron chi connectivity index (χ0n) is 12.3. The van der Waals surface area contributed by atoms with Crippen LogP contribution < -0.4 is 11.1 Å². The Kier molecular flexibility index (Phi) is 5.85. The van der Waals surface area contributed by atoms with Crippen LogP contribution in [0.5, 0.6) is 0 Å². The first-order chi connectivity index (χ1) is 10.5. The number of nitrogens with one attached hydrogen (secondary N) is 1. The third kappa shape index (κ3) is 5.09. The summed E-state index contributed by atoms with van der Waals surface area (Å²) >= 11 is 0. The molecule has 0 saturated heterocycles. The Balaban J connectivity index is 1.87. The molecule has 1 aliphatic carbocycles. The molecule has 1 aromatic heterocycles. The van der Waals surface area contributed by atoms with E-state index in [0.29, 0.717) is 19.3 Å². The molecule has 0 unspecified atom stereocenters. The van der Waals surface area contributed by atoms with Gasteiger partial charge < -0.3 is 20.9 Å². The standard InChI is InChI=1S/C15H21N3O4/c16-14(20)8-22-9-15(21)18-13(11-6-12(19)7-11)5-10-1-3-17-4-2-10/h1-4,11-13,19H,5-9H2,(H2,16,20)(H,18,21)/t11?,12?,13-/m0/s1. The van der Waals surface area contributed by atoms with Crippen molar-refractivity contribution in [1.82, 2.24) is 10.3 Å². The molecular weight excluding hydrogens is 286 g/mol. The van der Waals surface area contributed by atoms with Crippen LogP contribution in [0.15, 0.2) is 24.5 Å². The lowest BCUT2D eigenvalue weighted by Gasteiger charge is -2.38. The molecule has 1 aromatic rings. The number of aromatic nitrogens is 1. The predicted molar refractivity (Wildman–Crippen MR) is 78.6 cm³/mol. The molecule has 1 heterocycles. The van der Waals surface area contributed by atoms with E-state index in [9.17, 15) is 14.7 Å². The third-order valence-corrected chi connectivity index (χ3v) is 3.75. The molecule has 0 bridgehead atoms. The molecule has 7 heteroatoms. The second-order valence-electron chi connectivity index (χ2n) is 5.58. The monoisotopic (exact) mass is 307 g/mol. The van der Waals surface area contributed by atoms with E-state index < -0.39 is 5.91 Å². The molecule has 4 N–H and O–H groups in total. The molecule has 2 rings (SSSR count). The number of rotatable bonds is 8. The van der Waals surface area contributed by atoms with E-state index in [0.717, 1.165) is 5.56 Å². The van der Waals surface area contributed by atoms with Crippen LogP contribution >= 0.6 is 0 Å². The van der Waals surface area contributed by atoms with Crippen LogP contribution in [0.1, 0.15) is 18.4 Å². The summed E-state index contributed by atoms with van der Waals surface area (Å²) < 4.78 is 4.91. The summed E-state index contributed by atoms with van der Waals surface area (Å²) in [5.74, 6) is -0.659. The largest absolute Gasteiger partial charge is 0.393 e. The minimum atomic E-state index is -0.608. The van der Waals surface area contributed by atoms with Gasteiger partial charge in [-0.1, -0.05) is 0 Å². The van der Waals surface area contributed by atoms with Gasteiger partial charge in [0.25, 0.3) is 0 Å². The summed E-state index contributed by atoms with van der Waals surface area (Å²) in [7, 11) is 0. The van der Waals surface area contributed by atoms with Crippen LogP contribution in [0.2, 0.25) is 0 Å². The van der Waals surface area contributed by atoms with Gasteiger partial charge in [-0.2, -0.15) is 0 Å². The summed E-state index contributed by atoms with van der Waals surface area (Å²) in [5.41, 5.74) is 6.02. The van der Waals surface area contributed by atoms with Crippen LogP contribution in [0.3, 0.4) is 0 Å². The smallest absolute Gasteiger partial charge is 0.246 e. The zero-order chi connectivity index (χ0) is 15.9. The van der Waals surface area contributed by atoms with Gasteiger partial charge in [0.05, 0.1) is 6.10 Å². The summed E-state index contributed by atoms with van der Waals surface area (Å²) in [5, 5.41) is 12.4. The van der Waals surface area contributed by atoms with Crippen molar-refractivity contribution in [3.63, 3.8) is 0 Å². The Labute approximate surface area is 128 Å². The van der Waals surface area contributed by atoms with E-state index in [4.69, 9.17) is 10.5 Å². The van der Waals surface area contributed by atoms with Gasteiger partial charge in [0.2, 0.25) is 11.8 Å². The lowest BCUT2D eigenvalue weighted by Crippen LogP contribution is -2.49. The number of nitrogens with zero attached hydrogens (tertiary/aromatic N) is 1. The molecule has 0 spiro atoms. The van der Waals surface area contributed by atoms with Crippen LogP contribution in [-0.4, -0.2) is 47.3 Å². The second-order valence-corrected chi connectivity index (χ2v) is 5.58. The predicted octanol–water partition coefficient (Wildman–Crippen LogP) is -0.618. The molecule has 22 heavy (non-hydrogen) atoms. The highest BCUT2D eigenvalue weighted by molar-refractivity contribution is 5.79. The van der Waals surface area contributed by atoms with Gasteiger partial charge >= 0.3 is 0 Å².